The maximum absolute atomic E-state index is 12.3. The van der Waals surface area contributed by atoms with Crippen LogP contribution in [0, 0.1) is 0 Å². The summed E-state index contributed by atoms with van der Waals surface area (Å²) in [6.45, 7) is 1.63. The van der Waals surface area contributed by atoms with Crippen LogP contribution in [0.4, 0.5) is 0 Å². The Kier molecular flexibility index (Phi) is 4.06. The maximum atomic E-state index is 12.3. The van der Waals surface area contributed by atoms with Crippen molar-refractivity contribution in [2.75, 3.05) is 0 Å². The van der Waals surface area contributed by atoms with Gasteiger partial charge in [0.25, 0.3) is 0 Å². The van der Waals surface area contributed by atoms with E-state index in [0.29, 0.717) is 5.82 Å². The molecule has 0 aromatic carbocycles. The van der Waals surface area contributed by atoms with Crippen LogP contribution in [0.3, 0.4) is 0 Å². The Hall–Kier alpha value is -1.91. The molecule has 2 aromatic rings. The average molecular weight is 312 g/mol. The molecule has 10 heteroatoms. The number of thiocarbonyl (C=S) groups is 1. The predicted molar refractivity (Wildman–Crippen MR) is 75.2 cm³/mol. The van der Waals surface area contributed by atoms with Gasteiger partial charge in [-0.05, 0) is 19.1 Å². The molecule has 8 nitrogen and oxygen atoms in total. The summed E-state index contributed by atoms with van der Waals surface area (Å²) < 4.78 is 27.1. The van der Waals surface area contributed by atoms with E-state index >= 15 is 0 Å². The van der Waals surface area contributed by atoms with Crippen molar-refractivity contribution in [2.45, 2.75) is 17.9 Å². The van der Waals surface area contributed by atoms with Gasteiger partial charge in [0.05, 0.1) is 6.04 Å². The molecule has 0 fully saturated rings. The second-order valence-corrected chi connectivity index (χ2v) is 6.05. The van der Waals surface area contributed by atoms with E-state index in [1.165, 1.54) is 24.7 Å². The molecule has 1 atom stereocenters. The maximum Gasteiger partial charge on any atom is 0.243 e. The summed E-state index contributed by atoms with van der Waals surface area (Å²) in [6, 6.07) is 2.30. The monoisotopic (exact) mass is 312 g/mol. The Morgan fingerprint density at radius 3 is 2.85 bits per heavy atom. The van der Waals surface area contributed by atoms with Gasteiger partial charge in [-0.2, -0.15) is 5.10 Å². The zero-order chi connectivity index (χ0) is 14.8. The van der Waals surface area contributed by atoms with Gasteiger partial charge in [-0.15, -0.1) is 0 Å². The second kappa shape index (κ2) is 5.61. The highest BCUT2D eigenvalue weighted by Crippen LogP contribution is 2.16. The van der Waals surface area contributed by atoms with E-state index in [4.69, 9.17) is 18.0 Å². The Labute approximate surface area is 120 Å². The van der Waals surface area contributed by atoms with Crippen molar-refractivity contribution in [3.05, 3.63) is 36.2 Å². The molecule has 1 unspecified atom stereocenters. The first-order valence-corrected chi connectivity index (χ1v) is 7.43. The molecule has 0 aliphatic carbocycles. The zero-order valence-electron chi connectivity index (χ0n) is 10.4. The molecule has 4 N–H and O–H groups in total. The number of aromatic amines is 1. The summed E-state index contributed by atoms with van der Waals surface area (Å²) in [5, 5.41) is 6.26. The molecule has 0 aliphatic heterocycles. The molecule has 106 valence electrons. The standard InChI is InChI=1S/C10H12N6O2S2/c1-6(10-13-5-14-15-10)16-20(17,18)7-3-2-4-12-8(7)9(11)19/h2-6,16H,1H3,(H2,11,19)(H,13,14,15). The van der Waals surface area contributed by atoms with Crippen molar-refractivity contribution >= 4 is 27.2 Å². The number of nitrogens with two attached hydrogens (primary N) is 1. The third-order valence-electron chi connectivity index (χ3n) is 2.47. The molecule has 0 radical (unpaired) electrons. The lowest BCUT2D eigenvalue weighted by molar-refractivity contribution is 0.559. The van der Waals surface area contributed by atoms with Crippen LogP contribution >= 0.6 is 12.2 Å². The fourth-order valence-electron chi connectivity index (χ4n) is 1.57. The van der Waals surface area contributed by atoms with Gasteiger partial charge in [0.15, 0.2) is 0 Å². The molecule has 2 heterocycles. The van der Waals surface area contributed by atoms with Crippen LogP contribution in [-0.2, 0) is 10.0 Å². The molecule has 0 amide bonds. The molecule has 0 saturated heterocycles. The third-order valence-corrected chi connectivity index (χ3v) is 4.24. The van der Waals surface area contributed by atoms with Gasteiger partial charge in [-0.3, -0.25) is 10.1 Å². The Balaban J connectivity index is 2.34. The van der Waals surface area contributed by atoms with E-state index in [0.717, 1.165) is 0 Å². The number of H-pyrrole nitrogens is 1. The number of aromatic nitrogens is 4. The minimum absolute atomic E-state index is 0.0553. The molecule has 2 rings (SSSR count). The normalized spacial score (nSPS) is 13.1. The van der Waals surface area contributed by atoms with E-state index in [9.17, 15) is 8.42 Å². The molecule has 0 bridgehead atoms. The van der Waals surface area contributed by atoms with Crippen molar-refractivity contribution in [1.29, 1.82) is 0 Å². The van der Waals surface area contributed by atoms with E-state index in [1.807, 2.05) is 0 Å². The summed E-state index contributed by atoms with van der Waals surface area (Å²) in [6.07, 6.45) is 2.72. The first kappa shape index (κ1) is 14.5. The van der Waals surface area contributed by atoms with Gasteiger partial charge in [0, 0.05) is 6.20 Å². The van der Waals surface area contributed by atoms with Crippen molar-refractivity contribution in [3.63, 3.8) is 0 Å². The van der Waals surface area contributed by atoms with Gasteiger partial charge >= 0.3 is 0 Å². The summed E-state index contributed by atoms with van der Waals surface area (Å²) >= 11 is 4.81. The van der Waals surface area contributed by atoms with Crippen LogP contribution in [-0.4, -0.2) is 33.6 Å². The summed E-state index contributed by atoms with van der Waals surface area (Å²) in [4.78, 5) is 7.63. The lowest BCUT2D eigenvalue weighted by Crippen LogP contribution is -2.30. The van der Waals surface area contributed by atoms with Crippen molar-refractivity contribution in [2.24, 2.45) is 5.73 Å². The number of hydrogen-bond acceptors (Lipinski definition) is 6. The summed E-state index contributed by atoms with van der Waals surface area (Å²) in [5.74, 6) is 0.398. The van der Waals surface area contributed by atoms with Gasteiger partial charge in [-0.1, -0.05) is 12.2 Å². The van der Waals surface area contributed by atoms with Crippen LogP contribution in [0.15, 0.2) is 29.6 Å². The second-order valence-electron chi connectivity index (χ2n) is 3.93. The third kappa shape index (κ3) is 2.98. The van der Waals surface area contributed by atoms with Crippen LogP contribution in [0.5, 0.6) is 0 Å². The van der Waals surface area contributed by atoms with Crippen LogP contribution in [0.2, 0.25) is 0 Å². The predicted octanol–water partition coefficient (Wildman–Crippen LogP) is -0.127. The van der Waals surface area contributed by atoms with Crippen LogP contribution in [0.1, 0.15) is 24.5 Å². The van der Waals surface area contributed by atoms with E-state index in [1.54, 1.807) is 6.92 Å². The van der Waals surface area contributed by atoms with Crippen LogP contribution in [0.25, 0.3) is 0 Å². The van der Waals surface area contributed by atoms with Gasteiger partial charge < -0.3 is 5.73 Å². The molecule has 0 aliphatic rings. The van der Waals surface area contributed by atoms with E-state index < -0.39 is 16.1 Å². The first-order valence-electron chi connectivity index (χ1n) is 5.54. The Morgan fingerprint density at radius 1 is 1.50 bits per heavy atom. The van der Waals surface area contributed by atoms with Crippen molar-refractivity contribution in [1.82, 2.24) is 24.9 Å². The number of rotatable bonds is 5. The lowest BCUT2D eigenvalue weighted by atomic mass is 10.3. The SMILES string of the molecule is CC(NS(=O)(=O)c1cccnc1C(N)=S)c1ncn[nH]1. The average Bonchev–Trinajstić information content (AvgIpc) is 2.92. The van der Waals surface area contributed by atoms with Crippen molar-refractivity contribution in [3.8, 4) is 0 Å². The highest BCUT2D eigenvalue weighted by molar-refractivity contribution is 7.89. The quantitative estimate of drug-likeness (QED) is 0.656. The number of nitrogens with one attached hydrogen (secondary N) is 2. The largest absolute Gasteiger partial charge is 0.388 e. The smallest absolute Gasteiger partial charge is 0.243 e. The molecular weight excluding hydrogens is 300 g/mol. The summed E-state index contributed by atoms with van der Waals surface area (Å²) in [5.41, 5.74) is 5.54. The number of pyridine rings is 1. The van der Waals surface area contributed by atoms with Gasteiger partial charge in [0.2, 0.25) is 10.0 Å². The minimum atomic E-state index is -3.83. The van der Waals surface area contributed by atoms with Gasteiger partial charge in [0.1, 0.15) is 27.7 Å². The Bertz CT molecular complexity index is 713. The number of nitrogens with zero attached hydrogens (tertiary/aromatic N) is 3. The highest BCUT2D eigenvalue weighted by atomic mass is 32.2. The summed E-state index contributed by atoms with van der Waals surface area (Å²) in [7, 11) is -3.83. The molecule has 0 spiro atoms. The Morgan fingerprint density at radius 2 is 2.25 bits per heavy atom. The van der Waals surface area contributed by atoms with Gasteiger partial charge in [-0.25, -0.2) is 18.1 Å². The molecule has 2 aromatic heterocycles. The number of hydrogen-bond donors (Lipinski definition) is 3. The zero-order valence-corrected chi connectivity index (χ0v) is 12.1. The molecule has 0 saturated carbocycles. The fourth-order valence-corrected chi connectivity index (χ4v) is 3.17. The first-order chi connectivity index (χ1) is 9.42. The molecular formula is C10H12N6O2S2. The highest BCUT2D eigenvalue weighted by Gasteiger charge is 2.24. The van der Waals surface area contributed by atoms with E-state index in [2.05, 4.69) is 24.9 Å². The van der Waals surface area contributed by atoms with Crippen molar-refractivity contribution < 1.29 is 8.42 Å². The lowest BCUT2D eigenvalue weighted by Gasteiger charge is -2.13. The fraction of sp³-hybridized carbons (Fsp3) is 0.200. The van der Waals surface area contributed by atoms with Crippen LogP contribution < -0.4 is 10.5 Å². The minimum Gasteiger partial charge on any atom is -0.388 e. The number of sulfonamides is 1. The van der Waals surface area contributed by atoms with E-state index in [-0.39, 0.29) is 15.6 Å². The molecule has 20 heavy (non-hydrogen) atoms. The topological polar surface area (TPSA) is 127 Å².